The molecule has 6 nitrogen and oxygen atoms in total. The van der Waals surface area contributed by atoms with Crippen LogP contribution in [0.25, 0.3) is 11.0 Å². The van der Waals surface area contributed by atoms with E-state index in [1.54, 1.807) is 19.9 Å². The van der Waals surface area contributed by atoms with E-state index in [0.717, 1.165) is 0 Å². The number of aromatic amines is 2. The van der Waals surface area contributed by atoms with Gasteiger partial charge < -0.3 is 15.7 Å². The van der Waals surface area contributed by atoms with Gasteiger partial charge in [-0.25, -0.2) is 13.2 Å². The molecule has 98 valence electrons. The maximum atomic E-state index is 12.4. The van der Waals surface area contributed by atoms with Crippen LogP contribution < -0.4 is 11.4 Å². The number of imidazole rings is 1. The number of hydrogen-bond acceptors (Lipinski definition) is 4. The average Bonchev–Trinajstić information content (AvgIpc) is 2.67. The van der Waals surface area contributed by atoms with Crippen LogP contribution in [0.5, 0.6) is 0 Å². The van der Waals surface area contributed by atoms with E-state index in [1.165, 1.54) is 12.1 Å². The largest absolute Gasteiger partial charge is 0.329 e. The lowest BCUT2D eigenvalue weighted by atomic mass is 10.2. The highest BCUT2D eigenvalue weighted by Crippen LogP contribution is 2.25. The van der Waals surface area contributed by atoms with Gasteiger partial charge in [0.15, 0.2) is 9.84 Å². The highest BCUT2D eigenvalue weighted by Gasteiger charge is 2.34. The molecule has 7 heteroatoms. The van der Waals surface area contributed by atoms with E-state index in [-0.39, 0.29) is 17.1 Å². The maximum Gasteiger partial charge on any atom is 0.323 e. The van der Waals surface area contributed by atoms with Crippen LogP contribution in [0, 0.1) is 0 Å². The Morgan fingerprint density at radius 1 is 1.22 bits per heavy atom. The maximum absolute atomic E-state index is 12.4. The number of rotatable bonds is 3. The third-order valence-electron chi connectivity index (χ3n) is 3.02. The zero-order valence-corrected chi connectivity index (χ0v) is 11.0. The molecule has 0 aliphatic rings. The quantitative estimate of drug-likeness (QED) is 0.747. The van der Waals surface area contributed by atoms with E-state index < -0.39 is 14.6 Å². The molecule has 1 aromatic carbocycles. The first-order valence-corrected chi connectivity index (χ1v) is 6.93. The van der Waals surface area contributed by atoms with Crippen molar-refractivity contribution in [1.29, 1.82) is 0 Å². The zero-order valence-electron chi connectivity index (χ0n) is 10.1. The molecule has 0 spiro atoms. The summed E-state index contributed by atoms with van der Waals surface area (Å²) in [5.74, 6) is 0. The average molecular weight is 269 g/mol. The first kappa shape index (κ1) is 12.8. The van der Waals surface area contributed by atoms with Gasteiger partial charge in [-0.2, -0.15) is 0 Å². The Morgan fingerprint density at radius 2 is 1.83 bits per heavy atom. The fourth-order valence-electron chi connectivity index (χ4n) is 1.61. The van der Waals surface area contributed by atoms with Crippen LogP contribution in [0.4, 0.5) is 0 Å². The predicted molar refractivity (Wildman–Crippen MR) is 69.2 cm³/mol. The Bertz CT molecular complexity index is 740. The van der Waals surface area contributed by atoms with Crippen molar-refractivity contribution in [2.24, 2.45) is 5.73 Å². The van der Waals surface area contributed by atoms with E-state index in [2.05, 4.69) is 9.97 Å². The molecule has 0 fully saturated rings. The van der Waals surface area contributed by atoms with Crippen LogP contribution in [0.2, 0.25) is 0 Å². The molecule has 2 aromatic rings. The van der Waals surface area contributed by atoms with Crippen LogP contribution in [0.1, 0.15) is 13.8 Å². The number of H-pyrrole nitrogens is 2. The monoisotopic (exact) mass is 269 g/mol. The molecule has 1 aromatic heterocycles. The minimum Gasteiger partial charge on any atom is -0.329 e. The highest BCUT2D eigenvalue weighted by atomic mass is 32.2. The van der Waals surface area contributed by atoms with Gasteiger partial charge in [0.1, 0.15) is 0 Å². The molecule has 0 saturated heterocycles. The molecule has 0 amide bonds. The van der Waals surface area contributed by atoms with E-state index >= 15 is 0 Å². The SMILES string of the molecule is CC(C)(CN)S(=O)(=O)c1ccc2[nH]c(=O)[nH]c2c1. The molecule has 18 heavy (non-hydrogen) atoms. The molecular weight excluding hydrogens is 254 g/mol. The summed E-state index contributed by atoms with van der Waals surface area (Å²) >= 11 is 0. The van der Waals surface area contributed by atoms with Crippen molar-refractivity contribution in [3.05, 3.63) is 28.7 Å². The molecule has 1 heterocycles. The number of benzene rings is 1. The summed E-state index contributed by atoms with van der Waals surface area (Å²) in [6.45, 7) is 3.18. The number of fused-ring (bicyclic) bond motifs is 1. The normalized spacial score (nSPS) is 13.1. The number of sulfone groups is 1. The first-order valence-electron chi connectivity index (χ1n) is 5.45. The lowest BCUT2D eigenvalue weighted by molar-refractivity contribution is 0.549. The molecule has 0 radical (unpaired) electrons. The van der Waals surface area contributed by atoms with Gasteiger partial charge in [0.2, 0.25) is 0 Å². The van der Waals surface area contributed by atoms with Crippen LogP contribution in [-0.2, 0) is 9.84 Å². The summed E-state index contributed by atoms with van der Waals surface area (Å²) in [6.07, 6.45) is 0. The predicted octanol–water partition coefficient (Wildman–Crippen LogP) is 0.367. The molecule has 0 bridgehead atoms. The van der Waals surface area contributed by atoms with Gasteiger partial charge in [-0.1, -0.05) is 0 Å². The second-order valence-corrected chi connectivity index (χ2v) is 7.34. The van der Waals surface area contributed by atoms with Crippen molar-refractivity contribution in [2.75, 3.05) is 6.54 Å². The second kappa shape index (κ2) is 3.96. The fraction of sp³-hybridized carbons (Fsp3) is 0.364. The summed E-state index contributed by atoms with van der Waals surface area (Å²) in [7, 11) is -3.53. The van der Waals surface area contributed by atoms with Crippen LogP contribution in [-0.4, -0.2) is 29.7 Å². The highest BCUT2D eigenvalue weighted by molar-refractivity contribution is 7.92. The minimum atomic E-state index is -3.53. The number of hydrogen-bond donors (Lipinski definition) is 3. The van der Waals surface area contributed by atoms with E-state index in [9.17, 15) is 13.2 Å². The van der Waals surface area contributed by atoms with Crippen molar-refractivity contribution >= 4 is 20.9 Å². The van der Waals surface area contributed by atoms with Crippen molar-refractivity contribution in [2.45, 2.75) is 23.5 Å². The first-order chi connectivity index (χ1) is 8.28. The minimum absolute atomic E-state index is 0.0248. The van der Waals surface area contributed by atoms with Crippen LogP contribution >= 0.6 is 0 Å². The molecule has 0 atom stereocenters. The summed E-state index contributed by atoms with van der Waals surface area (Å²) in [4.78, 5) is 16.4. The third kappa shape index (κ3) is 1.85. The van der Waals surface area contributed by atoms with Gasteiger partial charge >= 0.3 is 5.69 Å². The van der Waals surface area contributed by atoms with Gasteiger partial charge in [-0.05, 0) is 32.0 Å². The number of aromatic nitrogens is 2. The molecular formula is C11H15N3O3S. The van der Waals surface area contributed by atoms with Crippen molar-refractivity contribution in [3.63, 3.8) is 0 Å². The number of nitrogens with two attached hydrogens (primary N) is 1. The molecule has 4 N–H and O–H groups in total. The van der Waals surface area contributed by atoms with Crippen molar-refractivity contribution < 1.29 is 8.42 Å². The Labute approximate surface area is 104 Å². The Kier molecular flexibility index (Phi) is 2.83. The Morgan fingerprint density at radius 3 is 2.44 bits per heavy atom. The van der Waals surface area contributed by atoms with Crippen molar-refractivity contribution in [1.82, 2.24) is 9.97 Å². The molecule has 0 aliphatic carbocycles. The third-order valence-corrected chi connectivity index (χ3v) is 5.51. The molecule has 2 rings (SSSR count). The molecule has 0 unspecified atom stereocenters. The molecule has 0 saturated carbocycles. The summed E-state index contributed by atoms with van der Waals surface area (Å²) in [5, 5.41) is 0. The lowest BCUT2D eigenvalue weighted by Crippen LogP contribution is -2.39. The summed E-state index contributed by atoms with van der Waals surface area (Å²) < 4.78 is 23.7. The Balaban J connectivity index is 2.65. The topological polar surface area (TPSA) is 109 Å². The second-order valence-electron chi connectivity index (χ2n) is 4.75. The van der Waals surface area contributed by atoms with Gasteiger partial charge in [0, 0.05) is 6.54 Å². The van der Waals surface area contributed by atoms with Crippen molar-refractivity contribution in [3.8, 4) is 0 Å². The smallest absolute Gasteiger partial charge is 0.323 e. The van der Waals surface area contributed by atoms with Crippen LogP contribution in [0.3, 0.4) is 0 Å². The van der Waals surface area contributed by atoms with Gasteiger partial charge in [0.05, 0.1) is 20.7 Å². The Hall–Kier alpha value is -1.60. The molecule has 0 aliphatic heterocycles. The van der Waals surface area contributed by atoms with E-state index in [0.29, 0.717) is 11.0 Å². The van der Waals surface area contributed by atoms with Crippen LogP contribution in [0.15, 0.2) is 27.9 Å². The lowest BCUT2D eigenvalue weighted by Gasteiger charge is -2.22. The van der Waals surface area contributed by atoms with Gasteiger partial charge in [0.25, 0.3) is 0 Å². The van der Waals surface area contributed by atoms with Gasteiger partial charge in [-0.3, -0.25) is 0 Å². The standard InChI is InChI=1S/C11H15N3O3S/c1-11(2,6-12)18(16,17)7-3-4-8-9(5-7)14-10(15)13-8/h3-5H,6,12H2,1-2H3,(H2,13,14,15). The van der Waals surface area contributed by atoms with E-state index in [1.807, 2.05) is 0 Å². The van der Waals surface area contributed by atoms with Gasteiger partial charge in [-0.15, -0.1) is 0 Å². The summed E-state index contributed by atoms with van der Waals surface area (Å²) in [5.41, 5.74) is 6.18. The summed E-state index contributed by atoms with van der Waals surface area (Å²) in [6, 6.07) is 4.48. The zero-order chi connectivity index (χ0) is 13.6. The van der Waals surface area contributed by atoms with E-state index in [4.69, 9.17) is 5.73 Å². The fourth-order valence-corrected chi connectivity index (χ4v) is 2.99. The number of nitrogens with one attached hydrogen (secondary N) is 2.